The fourth-order valence-corrected chi connectivity index (χ4v) is 5.82. The molecule has 2 aliphatic rings. The number of carbonyl (C=O) groups excluding carboxylic acids is 2. The van der Waals surface area contributed by atoms with E-state index in [9.17, 15) is 14.2 Å². The number of carbonyl (C=O) groups is 2. The number of esters is 1. The van der Waals surface area contributed by atoms with Crippen molar-refractivity contribution in [3.8, 4) is 0 Å². The largest absolute Gasteiger partial charge is 0.456 e. The summed E-state index contributed by atoms with van der Waals surface area (Å²) in [7, 11) is 5.37. The van der Waals surface area contributed by atoms with Crippen LogP contribution >= 0.6 is 8.46 Å². The van der Waals surface area contributed by atoms with Crippen LogP contribution in [0.15, 0.2) is 11.3 Å². The molecule has 0 spiro atoms. The van der Waals surface area contributed by atoms with E-state index in [1.54, 1.807) is 27.9 Å². The lowest BCUT2D eigenvalue weighted by molar-refractivity contribution is -0.265. The number of methoxy groups -OCH3 is 1. The molecule has 0 aromatic rings. The van der Waals surface area contributed by atoms with Crippen molar-refractivity contribution in [2.24, 2.45) is 11.8 Å². The molecule has 0 saturated carbocycles. The van der Waals surface area contributed by atoms with Gasteiger partial charge in [-0.05, 0) is 47.7 Å². The smallest absolute Gasteiger partial charge is 0.340 e. The molecule has 0 amide bonds. The first-order valence-electron chi connectivity index (χ1n) is 12.1. The second-order valence-electron chi connectivity index (χ2n) is 10.7. The first-order valence-corrected chi connectivity index (χ1v) is 13.0. The van der Waals surface area contributed by atoms with Gasteiger partial charge in [0, 0.05) is 38.8 Å². The number of cyclic esters (lactones) is 1. The molecule has 35 heavy (non-hydrogen) atoms. The number of hydrogen-bond donors (Lipinski definition) is 0. The normalized spacial score (nSPS) is 31.3. The van der Waals surface area contributed by atoms with Crippen LogP contribution in [0, 0.1) is 11.8 Å². The molecule has 1 saturated heterocycles. The average Bonchev–Trinajstić information content (AvgIpc) is 2.78. The Labute approximate surface area is 211 Å². The average molecular weight is 516 g/mol. The summed E-state index contributed by atoms with van der Waals surface area (Å²) >= 11 is 0. The molecule has 2 heterocycles. The highest BCUT2D eigenvalue weighted by molar-refractivity contribution is 7.24. The maximum atomic E-state index is 12.6. The molecule has 0 aliphatic carbocycles. The van der Waals surface area contributed by atoms with Crippen molar-refractivity contribution in [3.63, 3.8) is 0 Å². The Morgan fingerprint density at radius 1 is 1.29 bits per heavy atom. The van der Waals surface area contributed by atoms with Gasteiger partial charge < -0.3 is 33.4 Å². The minimum absolute atomic E-state index is 0.0256. The van der Waals surface area contributed by atoms with E-state index < -0.39 is 41.3 Å². The number of ether oxygens (including phenoxy) is 5. The topological polar surface area (TPSA) is 101 Å². The van der Waals surface area contributed by atoms with Crippen molar-refractivity contribution in [2.75, 3.05) is 21.2 Å². The zero-order chi connectivity index (χ0) is 26.7. The Balaban J connectivity index is 2.55. The van der Waals surface area contributed by atoms with Gasteiger partial charge in [-0.15, -0.1) is 0 Å². The van der Waals surface area contributed by atoms with E-state index in [1.807, 2.05) is 46.7 Å². The van der Waals surface area contributed by atoms with Crippen LogP contribution in [0.3, 0.4) is 0 Å². The molecule has 1 unspecified atom stereocenters. The SMILES string of the molecule is CO[C@](C)(C[C@@H](C)C=O)[C@H](O[C@@H]1O[C@H](C)CC(N(C)C)[C@H]1P=O)[C@@H](C)C1=C(C)C(=O)OC(C)(C)O1. The van der Waals surface area contributed by atoms with E-state index in [2.05, 4.69) is 0 Å². The predicted octanol–water partition coefficient (Wildman–Crippen LogP) is 3.95. The van der Waals surface area contributed by atoms with Crippen LogP contribution in [0.25, 0.3) is 0 Å². The van der Waals surface area contributed by atoms with Gasteiger partial charge in [-0.3, -0.25) is 4.57 Å². The number of rotatable bonds is 11. The number of hydrogen-bond acceptors (Lipinski definition) is 9. The molecule has 200 valence electrons. The van der Waals surface area contributed by atoms with E-state index in [-0.39, 0.29) is 26.5 Å². The summed E-state index contributed by atoms with van der Waals surface area (Å²) in [5.41, 5.74) is -1.05. The van der Waals surface area contributed by atoms with Crippen LogP contribution in [0.4, 0.5) is 0 Å². The Morgan fingerprint density at radius 2 is 1.91 bits per heavy atom. The third kappa shape index (κ3) is 6.89. The first-order chi connectivity index (χ1) is 16.2. The monoisotopic (exact) mass is 515 g/mol. The summed E-state index contributed by atoms with van der Waals surface area (Å²) in [5.74, 6) is -1.97. The molecule has 0 N–H and O–H groups in total. The summed E-state index contributed by atoms with van der Waals surface area (Å²) in [6.45, 7) is 12.5. The standard InChI is InChI=1S/C25H42NO8P/c1-14(13-27)12-25(7,30-10)21(16(3)19-17(4)22(28)34-24(5,6)33-19)32-23-20(35-29)18(26(8)9)11-15(2)31-23/h13-16,18,20-21,23H,11-12H2,1-10H3/t14-,15-,16+,18?,20-,21-,23+,25-/m1/s1. The van der Waals surface area contributed by atoms with Crippen LogP contribution in [0.5, 0.6) is 0 Å². The second kappa shape index (κ2) is 11.8. The van der Waals surface area contributed by atoms with E-state index in [1.165, 1.54) is 0 Å². The fourth-order valence-electron chi connectivity index (χ4n) is 5.05. The maximum absolute atomic E-state index is 12.6. The maximum Gasteiger partial charge on any atom is 0.340 e. The Hall–Kier alpha value is -1.38. The van der Waals surface area contributed by atoms with Gasteiger partial charge in [0.25, 0.3) is 0 Å². The van der Waals surface area contributed by atoms with Crippen molar-refractivity contribution in [1.82, 2.24) is 4.90 Å². The summed E-state index contributed by atoms with van der Waals surface area (Å²) < 4.78 is 42.6. The third-order valence-electron chi connectivity index (χ3n) is 6.94. The highest BCUT2D eigenvalue weighted by Gasteiger charge is 2.49. The van der Waals surface area contributed by atoms with Crippen LogP contribution in [0.2, 0.25) is 0 Å². The van der Waals surface area contributed by atoms with Gasteiger partial charge in [-0.25, -0.2) is 4.79 Å². The molecule has 1 fully saturated rings. The van der Waals surface area contributed by atoms with Gasteiger partial charge >= 0.3 is 5.97 Å². The van der Waals surface area contributed by atoms with Gasteiger partial charge in [0.2, 0.25) is 5.79 Å². The summed E-state index contributed by atoms with van der Waals surface area (Å²) in [4.78, 5) is 26.2. The van der Waals surface area contributed by atoms with Crippen LogP contribution in [-0.4, -0.2) is 79.9 Å². The van der Waals surface area contributed by atoms with Gasteiger partial charge in [-0.1, -0.05) is 13.8 Å². The van der Waals surface area contributed by atoms with Crippen LogP contribution in [-0.2, 0) is 37.8 Å². The van der Waals surface area contributed by atoms with Crippen LogP contribution in [0.1, 0.15) is 61.3 Å². The van der Waals surface area contributed by atoms with Gasteiger partial charge in [0.1, 0.15) is 17.7 Å². The molecule has 9 nitrogen and oxygen atoms in total. The zero-order valence-corrected chi connectivity index (χ0v) is 23.6. The quantitative estimate of drug-likeness (QED) is 0.230. The summed E-state index contributed by atoms with van der Waals surface area (Å²) in [5, 5.41) is 0. The molecule has 0 bridgehead atoms. The lowest BCUT2D eigenvalue weighted by Crippen LogP contribution is -2.57. The molecule has 2 rings (SSSR count). The highest BCUT2D eigenvalue weighted by atomic mass is 31.1. The summed E-state index contributed by atoms with van der Waals surface area (Å²) in [6.07, 6.45) is 0.323. The van der Waals surface area contributed by atoms with E-state index in [0.717, 1.165) is 6.29 Å². The fraction of sp³-hybridized carbons (Fsp3) is 0.840. The Kier molecular flexibility index (Phi) is 10.0. The van der Waals surface area contributed by atoms with E-state index in [4.69, 9.17) is 23.7 Å². The third-order valence-corrected chi connectivity index (χ3v) is 7.78. The molecular formula is C25H42NO8P. The molecule has 2 aliphatic heterocycles. The lowest BCUT2D eigenvalue weighted by atomic mass is 9.81. The van der Waals surface area contributed by atoms with Crippen molar-refractivity contribution >= 4 is 20.7 Å². The molecule has 0 aromatic carbocycles. The Bertz CT molecular complexity index is 815. The number of aldehydes is 1. The van der Waals surface area contributed by atoms with E-state index in [0.29, 0.717) is 24.2 Å². The highest BCUT2D eigenvalue weighted by Crippen LogP contribution is 2.41. The molecule has 10 heteroatoms. The zero-order valence-electron chi connectivity index (χ0n) is 22.7. The minimum atomic E-state index is -1.15. The number of nitrogens with zero attached hydrogens (tertiary/aromatic N) is 1. The van der Waals surface area contributed by atoms with Crippen molar-refractivity contribution in [1.29, 1.82) is 0 Å². The minimum Gasteiger partial charge on any atom is -0.456 e. The molecule has 8 atom stereocenters. The molecule has 0 aromatic heterocycles. The Morgan fingerprint density at radius 3 is 2.43 bits per heavy atom. The molecular weight excluding hydrogens is 473 g/mol. The van der Waals surface area contributed by atoms with Crippen molar-refractivity contribution in [3.05, 3.63) is 11.3 Å². The molecule has 0 radical (unpaired) electrons. The van der Waals surface area contributed by atoms with Gasteiger partial charge in [0.05, 0.1) is 23.4 Å². The first kappa shape index (κ1) is 29.8. The lowest BCUT2D eigenvalue weighted by Gasteiger charge is -2.47. The van der Waals surface area contributed by atoms with Gasteiger partial charge in [0.15, 0.2) is 14.8 Å². The second-order valence-corrected chi connectivity index (χ2v) is 11.5. The summed E-state index contributed by atoms with van der Waals surface area (Å²) in [6, 6.07) is -0.0256. The van der Waals surface area contributed by atoms with Crippen molar-refractivity contribution in [2.45, 2.75) is 103 Å². The van der Waals surface area contributed by atoms with Crippen molar-refractivity contribution < 1.29 is 37.8 Å². The van der Waals surface area contributed by atoms with Crippen LogP contribution < -0.4 is 0 Å². The predicted molar refractivity (Wildman–Crippen MR) is 131 cm³/mol. The van der Waals surface area contributed by atoms with E-state index >= 15 is 0 Å². The van der Waals surface area contributed by atoms with Gasteiger partial charge in [-0.2, -0.15) is 0 Å².